The van der Waals surface area contributed by atoms with Crippen LogP contribution < -0.4 is 5.32 Å². The van der Waals surface area contributed by atoms with Crippen molar-refractivity contribution in [1.29, 1.82) is 0 Å². The standard InChI is InChI=1S/C13H17N3O2/c1-10-15-13(16-18-10)9-14-12-6-4-3-5-11(12)7-8-17-2/h3-6,14H,7-9H2,1-2H3. The molecule has 96 valence electrons. The van der Waals surface area contributed by atoms with E-state index in [0.29, 0.717) is 24.9 Å². The first-order valence-electron chi connectivity index (χ1n) is 5.89. The summed E-state index contributed by atoms with van der Waals surface area (Å²) in [5, 5.41) is 7.16. The van der Waals surface area contributed by atoms with Crippen LogP contribution in [0.5, 0.6) is 0 Å². The number of rotatable bonds is 6. The lowest BCUT2D eigenvalue weighted by Gasteiger charge is -2.10. The molecule has 2 aromatic rings. The lowest BCUT2D eigenvalue weighted by molar-refractivity contribution is 0.202. The summed E-state index contributed by atoms with van der Waals surface area (Å²) in [4.78, 5) is 4.15. The highest BCUT2D eigenvalue weighted by Gasteiger charge is 2.04. The predicted molar refractivity (Wildman–Crippen MR) is 68.4 cm³/mol. The van der Waals surface area contributed by atoms with Crippen molar-refractivity contribution in [3.05, 3.63) is 41.5 Å². The van der Waals surface area contributed by atoms with E-state index in [9.17, 15) is 0 Å². The number of nitrogens with zero attached hydrogens (tertiary/aromatic N) is 2. The Morgan fingerprint density at radius 3 is 2.89 bits per heavy atom. The van der Waals surface area contributed by atoms with Crippen LogP contribution in [0.3, 0.4) is 0 Å². The van der Waals surface area contributed by atoms with Crippen molar-refractivity contribution in [3.63, 3.8) is 0 Å². The maximum absolute atomic E-state index is 5.10. The molecule has 0 aliphatic rings. The Bertz CT molecular complexity index is 496. The summed E-state index contributed by atoms with van der Waals surface area (Å²) in [6, 6.07) is 8.15. The van der Waals surface area contributed by atoms with Gasteiger partial charge in [0.15, 0.2) is 5.82 Å². The van der Waals surface area contributed by atoms with E-state index in [1.165, 1.54) is 5.56 Å². The van der Waals surface area contributed by atoms with Crippen molar-refractivity contribution in [2.45, 2.75) is 19.9 Å². The van der Waals surface area contributed by atoms with Crippen LogP contribution in [0.25, 0.3) is 0 Å². The van der Waals surface area contributed by atoms with E-state index in [2.05, 4.69) is 21.5 Å². The van der Waals surface area contributed by atoms with Gasteiger partial charge >= 0.3 is 0 Å². The maximum atomic E-state index is 5.10. The summed E-state index contributed by atoms with van der Waals surface area (Å²) in [6.07, 6.45) is 0.880. The number of aryl methyl sites for hydroxylation is 1. The Morgan fingerprint density at radius 2 is 2.17 bits per heavy atom. The smallest absolute Gasteiger partial charge is 0.223 e. The number of methoxy groups -OCH3 is 1. The van der Waals surface area contributed by atoms with Gasteiger partial charge in [0, 0.05) is 19.7 Å². The molecule has 0 atom stereocenters. The van der Waals surface area contributed by atoms with Crippen molar-refractivity contribution < 1.29 is 9.26 Å². The number of anilines is 1. The predicted octanol–water partition coefficient (Wildman–Crippen LogP) is 2.18. The lowest BCUT2D eigenvalue weighted by atomic mass is 10.1. The molecule has 1 heterocycles. The van der Waals surface area contributed by atoms with Crippen LogP contribution in [0, 0.1) is 6.92 Å². The van der Waals surface area contributed by atoms with Crippen molar-refractivity contribution >= 4 is 5.69 Å². The van der Waals surface area contributed by atoms with E-state index in [4.69, 9.17) is 9.26 Å². The van der Waals surface area contributed by atoms with Gasteiger partial charge in [-0.05, 0) is 18.1 Å². The van der Waals surface area contributed by atoms with Crippen LogP contribution in [-0.4, -0.2) is 23.9 Å². The largest absolute Gasteiger partial charge is 0.384 e. The zero-order valence-corrected chi connectivity index (χ0v) is 10.6. The van der Waals surface area contributed by atoms with Gasteiger partial charge in [0.1, 0.15) is 0 Å². The van der Waals surface area contributed by atoms with Crippen LogP contribution in [-0.2, 0) is 17.7 Å². The fourth-order valence-electron chi connectivity index (χ4n) is 1.71. The van der Waals surface area contributed by atoms with Crippen molar-refractivity contribution in [1.82, 2.24) is 10.1 Å². The lowest BCUT2D eigenvalue weighted by Crippen LogP contribution is -2.05. The van der Waals surface area contributed by atoms with E-state index < -0.39 is 0 Å². The number of benzene rings is 1. The zero-order valence-electron chi connectivity index (χ0n) is 10.6. The fourth-order valence-corrected chi connectivity index (χ4v) is 1.71. The van der Waals surface area contributed by atoms with Gasteiger partial charge in [0.25, 0.3) is 0 Å². The number of hydrogen-bond acceptors (Lipinski definition) is 5. The summed E-state index contributed by atoms with van der Waals surface area (Å²) < 4.78 is 10.0. The maximum Gasteiger partial charge on any atom is 0.223 e. The van der Waals surface area contributed by atoms with Gasteiger partial charge in [-0.1, -0.05) is 23.4 Å². The molecular weight excluding hydrogens is 230 g/mol. The number of ether oxygens (including phenoxy) is 1. The Morgan fingerprint density at radius 1 is 1.33 bits per heavy atom. The molecule has 0 saturated heterocycles. The van der Waals surface area contributed by atoms with Gasteiger partial charge in [0.2, 0.25) is 5.89 Å². The Labute approximate surface area is 106 Å². The molecular formula is C13H17N3O2. The minimum absolute atomic E-state index is 0.557. The average Bonchev–Trinajstić information content (AvgIpc) is 2.81. The van der Waals surface area contributed by atoms with Gasteiger partial charge in [-0.15, -0.1) is 0 Å². The normalized spacial score (nSPS) is 10.6. The third-order valence-corrected chi connectivity index (χ3v) is 2.60. The minimum atomic E-state index is 0.557. The third kappa shape index (κ3) is 3.30. The molecule has 0 aliphatic carbocycles. The second-order valence-corrected chi connectivity index (χ2v) is 3.98. The minimum Gasteiger partial charge on any atom is -0.384 e. The molecule has 2 rings (SSSR count). The quantitative estimate of drug-likeness (QED) is 0.847. The van der Waals surface area contributed by atoms with Crippen LogP contribution >= 0.6 is 0 Å². The summed E-state index contributed by atoms with van der Waals surface area (Å²) >= 11 is 0. The zero-order chi connectivity index (χ0) is 12.8. The van der Waals surface area contributed by atoms with Crippen LogP contribution in [0.1, 0.15) is 17.3 Å². The van der Waals surface area contributed by atoms with Gasteiger partial charge in [0.05, 0.1) is 13.2 Å². The summed E-state index contributed by atoms with van der Waals surface area (Å²) in [6.45, 7) is 3.05. The Hall–Kier alpha value is -1.88. The highest BCUT2D eigenvalue weighted by atomic mass is 16.5. The van der Waals surface area contributed by atoms with E-state index in [1.807, 2.05) is 18.2 Å². The van der Waals surface area contributed by atoms with E-state index in [0.717, 1.165) is 12.1 Å². The number of aromatic nitrogens is 2. The molecule has 5 nitrogen and oxygen atoms in total. The molecule has 0 amide bonds. The molecule has 0 spiro atoms. The summed E-state index contributed by atoms with van der Waals surface area (Å²) in [5.74, 6) is 1.24. The van der Waals surface area contributed by atoms with Crippen molar-refractivity contribution in [3.8, 4) is 0 Å². The van der Waals surface area contributed by atoms with Crippen molar-refractivity contribution in [2.75, 3.05) is 19.0 Å². The number of hydrogen-bond donors (Lipinski definition) is 1. The van der Waals surface area contributed by atoms with Crippen LogP contribution in [0.15, 0.2) is 28.8 Å². The Kier molecular flexibility index (Phi) is 4.30. The average molecular weight is 247 g/mol. The topological polar surface area (TPSA) is 60.2 Å². The molecule has 0 saturated carbocycles. The van der Waals surface area contributed by atoms with Crippen LogP contribution in [0.4, 0.5) is 5.69 Å². The van der Waals surface area contributed by atoms with Gasteiger partial charge in [-0.3, -0.25) is 0 Å². The first-order valence-corrected chi connectivity index (χ1v) is 5.89. The van der Waals surface area contributed by atoms with E-state index >= 15 is 0 Å². The van der Waals surface area contributed by atoms with E-state index in [-0.39, 0.29) is 0 Å². The second-order valence-electron chi connectivity index (χ2n) is 3.98. The summed E-state index contributed by atoms with van der Waals surface area (Å²) in [5.41, 5.74) is 2.30. The highest BCUT2D eigenvalue weighted by Crippen LogP contribution is 2.16. The molecule has 18 heavy (non-hydrogen) atoms. The molecule has 0 unspecified atom stereocenters. The molecule has 0 fully saturated rings. The second kappa shape index (κ2) is 6.16. The first-order chi connectivity index (χ1) is 8.79. The molecule has 1 N–H and O–H groups in total. The van der Waals surface area contributed by atoms with E-state index in [1.54, 1.807) is 14.0 Å². The fraction of sp³-hybridized carbons (Fsp3) is 0.385. The monoisotopic (exact) mass is 247 g/mol. The van der Waals surface area contributed by atoms with Crippen molar-refractivity contribution in [2.24, 2.45) is 0 Å². The number of nitrogens with one attached hydrogen (secondary N) is 1. The van der Waals surface area contributed by atoms with Gasteiger partial charge in [-0.2, -0.15) is 4.98 Å². The molecule has 0 aliphatic heterocycles. The van der Waals surface area contributed by atoms with Gasteiger partial charge < -0.3 is 14.6 Å². The van der Waals surface area contributed by atoms with Gasteiger partial charge in [-0.25, -0.2) is 0 Å². The Balaban J connectivity index is 1.99. The van der Waals surface area contributed by atoms with Crippen LogP contribution in [0.2, 0.25) is 0 Å². The summed E-state index contributed by atoms with van der Waals surface area (Å²) in [7, 11) is 1.71. The molecule has 0 bridgehead atoms. The molecule has 1 aromatic heterocycles. The highest BCUT2D eigenvalue weighted by molar-refractivity contribution is 5.51. The molecule has 1 aromatic carbocycles. The third-order valence-electron chi connectivity index (χ3n) is 2.60. The molecule has 0 radical (unpaired) electrons. The number of para-hydroxylation sites is 1. The first kappa shape index (κ1) is 12.6. The molecule has 5 heteroatoms. The SMILES string of the molecule is COCCc1ccccc1NCc1noc(C)n1.